The molecule has 9 heteroatoms. The third kappa shape index (κ3) is 10.5. The Morgan fingerprint density at radius 1 is 1.35 bits per heavy atom. The van der Waals surface area contributed by atoms with Gasteiger partial charge in [0.25, 0.3) is 0 Å². The van der Waals surface area contributed by atoms with Crippen molar-refractivity contribution in [3.05, 3.63) is 0 Å². The number of hydrogen-bond donors (Lipinski definition) is 2. The Labute approximate surface area is 158 Å². The number of nitrogens with zero attached hydrogens (tertiary/aromatic N) is 2. The van der Waals surface area contributed by atoms with E-state index in [1.54, 1.807) is 7.05 Å². The van der Waals surface area contributed by atoms with Gasteiger partial charge < -0.3 is 10.6 Å². The Morgan fingerprint density at radius 2 is 2.04 bits per heavy atom. The maximum atomic E-state index is 12.2. The van der Waals surface area contributed by atoms with Gasteiger partial charge in [0, 0.05) is 31.4 Å². The fraction of sp³-hybridized carbons (Fsp3) is 0.929. The van der Waals surface area contributed by atoms with Crippen molar-refractivity contribution in [2.75, 3.05) is 39.5 Å². The van der Waals surface area contributed by atoms with Crippen LogP contribution in [0.4, 0.5) is 13.2 Å². The first-order chi connectivity index (χ1) is 10.3. The highest BCUT2D eigenvalue weighted by Crippen LogP contribution is 2.29. The number of rotatable bonds is 7. The predicted molar refractivity (Wildman–Crippen MR) is 103 cm³/mol. The monoisotopic (exact) mass is 468 g/mol. The van der Waals surface area contributed by atoms with E-state index in [0.717, 1.165) is 18.6 Å². The summed E-state index contributed by atoms with van der Waals surface area (Å²) in [5, 5.41) is 7.15. The van der Waals surface area contributed by atoms with Crippen LogP contribution in [0.15, 0.2) is 4.99 Å². The molecular formula is C14H28F3IN4S. The molecule has 1 fully saturated rings. The molecule has 1 aliphatic carbocycles. The number of nitrogens with one attached hydrogen (secondary N) is 2. The first kappa shape index (κ1) is 23.1. The van der Waals surface area contributed by atoms with Gasteiger partial charge in [-0.25, -0.2) is 0 Å². The minimum absolute atomic E-state index is 0. The third-order valence-corrected chi connectivity index (χ3v) is 4.82. The van der Waals surface area contributed by atoms with Crippen LogP contribution in [0.2, 0.25) is 0 Å². The second kappa shape index (κ2) is 11.6. The van der Waals surface area contributed by atoms with E-state index in [-0.39, 0.29) is 24.0 Å². The number of halogens is 4. The van der Waals surface area contributed by atoms with Gasteiger partial charge in [-0.1, -0.05) is 6.92 Å². The van der Waals surface area contributed by atoms with Gasteiger partial charge in [-0.2, -0.15) is 24.9 Å². The summed E-state index contributed by atoms with van der Waals surface area (Å²) in [6, 6.07) is 0.406. The van der Waals surface area contributed by atoms with Crippen molar-refractivity contribution in [3.8, 4) is 0 Å². The molecule has 4 nitrogen and oxygen atoms in total. The Kier molecular flexibility index (Phi) is 11.7. The van der Waals surface area contributed by atoms with Crippen LogP contribution in [-0.4, -0.2) is 67.8 Å². The van der Waals surface area contributed by atoms with Crippen molar-refractivity contribution in [1.29, 1.82) is 0 Å². The SMILES string of the molecule is CCSC1CCC(NC(=NC)NCCN(C)CC(F)(F)F)C1.I. The van der Waals surface area contributed by atoms with Crippen LogP contribution in [-0.2, 0) is 0 Å². The molecule has 138 valence electrons. The van der Waals surface area contributed by atoms with E-state index in [4.69, 9.17) is 0 Å². The highest BCUT2D eigenvalue weighted by Gasteiger charge is 2.29. The summed E-state index contributed by atoms with van der Waals surface area (Å²) < 4.78 is 36.7. The molecule has 1 aliphatic rings. The molecule has 0 aromatic carbocycles. The van der Waals surface area contributed by atoms with Gasteiger partial charge in [-0.3, -0.25) is 9.89 Å². The second-order valence-electron chi connectivity index (χ2n) is 5.58. The summed E-state index contributed by atoms with van der Waals surface area (Å²) in [4.78, 5) is 5.39. The largest absolute Gasteiger partial charge is 0.401 e. The molecule has 2 unspecified atom stereocenters. The standard InChI is InChI=1S/C14H27F3N4S.HI/c1-4-22-12-6-5-11(9-12)20-13(18-2)19-7-8-21(3)10-14(15,16)17;/h11-12H,4-10H2,1-3H3,(H2,18,19,20);1H. The lowest BCUT2D eigenvalue weighted by Gasteiger charge is -2.21. The van der Waals surface area contributed by atoms with Crippen LogP contribution in [0, 0.1) is 0 Å². The quantitative estimate of drug-likeness (QED) is 0.343. The summed E-state index contributed by atoms with van der Waals surface area (Å²) in [6.45, 7) is 2.04. The maximum absolute atomic E-state index is 12.2. The normalized spacial score (nSPS) is 22.1. The summed E-state index contributed by atoms with van der Waals surface area (Å²) in [6.07, 6.45) is -0.703. The van der Waals surface area contributed by atoms with E-state index >= 15 is 0 Å². The van der Waals surface area contributed by atoms with Crippen LogP contribution in [0.1, 0.15) is 26.2 Å². The zero-order valence-corrected chi connectivity index (χ0v) is 17.1. The Balaban J connectivity index is 0.00000484. The van der Waals surface area contributed by atoms with Gasteiger partial charge in [-0.15, -0.1) is 24.0 Å². The van der Waals surface area contributed by atoms with E-state index in [9.17, 15) is 13.2 Å². The van der Waals surface area contributed by atoms with Gasteiger partial charge in [0.1, 0.15) is 0 Å². The molecule has 1 saturated carbocycles. The van der Waals surface area contributed by atoms with E-state index in [1.165, 1.54) is 18.4 Å². The number of aliphatic imine (C=N–C) groups is 1. The lowest BCUT2D eigenvalue weighted by molar-refractivity contribution is -0.142. The fourth-order valence-electron chi connectivity index (χ4n) is 2.60. The highest BCUT2D eigenvalue weighted by molar-refractivity contribution is 14.0. The van der Waals surface area contributed by atoms with Crippen LogP contribution >= 0.6 is 35.7 Å². The average molecular weight is 468 g/mol. The van der Waals surface area contributed by atoms with Gasteiger partial charge in [0.2, 0.25) is 0 Å². The van der Waals surface area contributed by atoms with Crippen molar-refractivity contribution >= 4 is 41.7 Å². The van der Waals surface area contributed by atoms with Gasteiger partial charge >= 0.3 is 6.18 Å². The van der Waals surface area contributed by atoms with E-state index in [0.29, 0.717) is 30.3 Å². The topological polar surface area (TPSA) is 39.7 Å². The van der Waals surface area contributed by atoms with E-state index < -0.39 is 12.7 Å². The summed E-state index contributed by atoms with van der Waals surface area (Å²) in [5.74, 6) is 1.81. The molecule has 0 amide bonds. The number of likely N-dealkylation sites (N-methyl/N-ethyl adjacent to an activating group) is 1. The number of thioether (sulfide) groups is 1. The molecule has 0 aliphatic heterocycles. The molecule has 0 heterocycles. The van der Waals surface area contributed by atoms with Crippen LogP contribution in [0.25, 0.3) is 0 Å². The minimum atomic E-state index is -4.15. The van der Waals surface area contributed by atoms with Crippen molar-refractivity contribution in [1.82, 2.24) is 15.5 Å². The first-order valence-corrected chi connectivity index (χ1v) is 8.73. The van der Waals surface area contributed by atoms with Crippen LogP contribution < -0.4 is 10.6 Å². The van der Waals surface area contributed by atoms with Crippen molar-refractivity contribution in [2.24, 2.45) is 4.99 Å². The molecule has 1 rings (SSSR count). The van der Waals surface area contributed by atoms with Crippen LogP contribution in [0.3, 0.4) is 0 Å². The summed E-state index contributed by atoms with van der Waals surface area (Å²) in [5.41, 5.74) is 0. The number of hydrogen-bond acceptors (Lipinski definition) is 3. The first-order valence-electron chi connectivity index (χ1n) is 7.68. The molecule has 0 saturated heterocycles. The molecule has 2 atom stereocenters. The molecule has 0 aromatic rings. The van der Waals surface area contributed by atoms with Gasteiger partial charge in [0.05, 0.1) is 6.54 Å². The average Bonchev–Trinajstić information content (AvgIpc) is 2.83. The lowest BCUT2D eigenvalue weighted by Crippen LogP contribution is -2.45. The molecule has 0 bridgehead atoms. The maximum Gasteiger partial charge on any atom is 0.401 e. The second-order valence-corrected chi connectivity index (χ2v) is 7.16. The van der Waals surface area contributed by atoms with E-state index in [2.05, 4.69) is 22.5 Å². The molecule has 0 radical (unpaired) electrons. The predicted octanol–water partition coefficient (Wildman–Crippen LogP) is 2.94. The molecule has 23 heavy (non-hydrogen) atoms. The highest BCUT2D eigenvalue weighted by atomic mass is 127. The molecule has 2 N–H and O–H groups in total. The minimum Gasteiger partial charge on any atom is -0.355 e. The Morgan fingerprint density at radius 3 is 2.61 bits per heavy atom. The van der Waals surface area contributed by atoms with Crippen molar-refractivity contribution in [3.63, 3.8) is 0 Å². The fourth-order valence-corrected chi connectivity index (χ4v) is 3.74. The lowest BCUT2D eigenvalue weighted by atomic mass is 10.2. The summed E-state index contributed by atoms with van der Waals surface area (Å²) in [7, 11) is 3.15. The van der Waals surface area contributed by atoms with Gasteiger partial charge in [0.15, 0.2) is 5.96 Å². The Hall–Kier alpha value is 0.1000. The number of alkyl halides is 3. The zero-order valence-electron chi connectivity index (χ0n) is 13.9. The third-order valence-electron chi connectivity index (χ3n) is 3.59. The van der Waals surface area contributed by atoms with Gasteiger partial charge in [-0.05, 0) is 32.1 Å². The van der Waals surface area contributed by atoms with Crippen molar-refractivity contribution < 1.29 is 13.2 Å². The molecule has 0 spiro atoms. The zero-order chi connectivity index (χ0) is 16.6. The summed E-state index contributed by atoms with van der Waals surface area (Å²) >= 11 is 1.99. The van der Waals surface area contributed by atoms with Crippen molar-refractivity contribution in [2.45, 2.75) is 43.7 Å². The van der Waals surface area contributed by atoms with E-state index in [1.807, 2.05) is 11.8 Å². The molecular weight excluding hydrogens is 440 g/mol. The number of guanidine groups is 1. The molecule has 0 aromatic heterocycles. The smallest absolute Gasteiger partial charge is 0.355 e. The Bertz CT molecular complexity index is 355. The van der Waals surface area contributed by atoms with Crippen LogP contribution in [0.5, 0.6) is 0 Å².